The maximum atomic E-state index is 9.57. The van der Waals surface area contributed by atoms with Gasteiger partial charge in [-0.05, 0) is 68.1 Å². The average Bonchev–Trinajstić information content (AvgIpc) is 3.38. The molecule has 298 valence electrons. The summed E-state index contributed by atoms with van der Waals surface area (Å²) >= 11 is 0. The molecular weight excluding hydrogens is 783 g/mol. The van der Waals surface area contributed by atoms with Gasteiger partial charge in [-0.15, -0.1) is 0 Å². The van der Waals surface area contributed by atoms with Gasteiger partial charge in [0.15, 0.2) is 34.9 Å². The molecule has 0 saturated heterocycles. The fourth-order valence-corrected chi connectivity index (χ4v) is 8.29. The minimum atomic E-state index is 0.539. The predicted octanol–water partition coefficient (Wildman–Crippen LogP) is 13.6. The Kier molecular flexibility index (Phi) is 9.77. The number of aromatic nitrogens is 6. The molecule has 7 heteroatoms. The first-order valence-corrected chi connectivity index (χ1v) is 21.0. The van der Waals surface area contributed by atoms with Crippen LogP contribution in [0.1, 0.15) is 5.56 Å². The highest BCUT2D eigenvalue weighted by Crippen LogP contribution is 2.37. The Hall–Kier alpha value is -8.99. The maximum Gasteiger partial charge on any atom is 0.164 e. The van der Waals surface area contributed by atoms with Gasteiger partial charge in [0.1, 0.15) is 0 Å². The van der Waals surface area contributed by atoms with Gasteiger partial charge in [-0.2, -0.15) is 5.26 Å². The SMILES string of the molecule is N#Cc1cccc(-c2cccc(-c3nc(-c4ccccc4)nc(-c4cccc(-c5ccccc5-c5nc(-c6cccc7ccccc67)nc(-c6cccc7ccccc67)n5)c4)n3)c2)c1. The van der Waals surface area contributed by atoms with E-state index >= 15 is 0 Å². The van der Waals surface area contributed by atoms with Crippen molar-refractivity contribution in [3.8, 4) is 96.7 Å². The number of nitrogens with zero attached hydrogens (tertiary/aromatic N) is 7. The Morgan fingerprint density at radius 2 is 0.641 bits per heavy atom. The molecule has 64 heavy (non-hydrogen) atoms. The van der Waals surface area contributed by atoms with E-state index in [2.05, 4.69) is 97.1 Å². The van der Waals surface area contributed by atoms with Crippen molar-refractivity contribution in [2.75, 3.05) is 0 Å². The Morgan fingerprint density at radius 3 is 1.25 bits per heavy atom. The van der Waals surface area contributed by atoms with Gasteiger partial charge >= 0.3 is 0 Å². The minimum Gasteiger partial charge on any atom is -0.208 e. The fraction of sp³-hybridized carbons (Fsp3) is 0. The smallest absolute Gasteiger partial charge is 0.164 e. The van der Waals surface area contributed by atoms with Gasteiger partial charge in [-0.1, -0.05) is 188 Å². The van der Waals surface area contributed by atoms with E-state index < -0.39 is 0 Å². The standard InChI is InChI=1S/C57H35N7/c58-36-37-15-10-22-41(33-37)42-23-11-25-44(34-42)53-59-52(40-18-2-1-3-19-40)60-54(61-53)45-26-12-24-43(35-45)48-29-8-9-30-49(48)55-62-56(50-31-13-20-38-16-4-6-27-46(38)50)64-57(63-55)51-32-14-21-39-17-5-7-28-47(39)51/h1-35H. The summed E-state index contributed by atoms with van der Waals surface area (Å²) in [5, 5.41) is 13.9. The van der Waals surface area contributed by atoms with Crippen LogP contribution in [0.15, 0.2) is 212 Å². The number of rotatable bonds is 8. The van der Waals surface area contributed by atoms with Gasteiger partial charge in [0, 0.05) is 33.4 Å². The summed E-state index contributed by atoms with van der Waals surface area (Å²) in [6.45, 7) is 0. The van der Waals surface area contributed by atoms with Crippen LogP contribution < -0.4 is 0 Å². The highest BCUT2D eigenvalue weighted by Gasteiger charge is 2.19. The van der Waals surface area contributed by atoms with Crippen molar-refractivity contribution in [2.24, 2.45) is 0 Å². The molecule has 0 spiro atoms. The van der Waals surface area contributed by atoms with Crippen molar-refractivity contribution in [3.63, 3.8) is 0 Å². The molecule has 0 radical (unpaired) electrons. The van der Waals surface area contributed by atoms with Crippen molar-refractivity contribution in [2.45, 2.75) is 0 Å². The molecule has 0 aliphatic rings. The van der Waals surface area contributed by atoms with Crippen molar-refractivity contribution < 1.29 is 0 Å². The molecule has 0 fully saturated rings. The van der Waals surface area contributed by atoms with E-state index in [1.165, 1.54) is 0 Å². The highest BCUT2D eigenvalue weighted by atomic mass is 15.0. The molecule has 7 nitrogen and oxygen atoms in total. The lowest BCUT2D eigenvalue weighted by atomic mass is 9.97. The number of hydrogen-bond acceptors (Lipinski definition) is 7. The van der Waals surface area contributed by atoms with Crippen molar-refractivity contribution in [1.82, 2.24) is 29.9 Å². The first kappa shape index (κ1) is 38.0. The monoisotopic (exact) mass is 817 g/mol. The van der Waals surface area contributed by atoms with E-state index in [9.17, 15) is 5.26 Å². The van der Waals surface area contributed by atoms with Crippen LogP contribution in [0, 0.1) is 11.3 Å². The van der Waals surface area contributed by atoms with Crippen LogP contribution in [0.25, 0.3) is 112 Å². The first-order valence-electron chi connectivity index (χ1n) is 21.0. The molecule has 11 aromatic rings. The summed E-state index contributed by atoms with van der Waals surface area (Å²) in [7, 11) is 0. The summed E-state index contributed by atoms with van der Waals surface area (Å²) in [4.78, 5) is 30.9. The predicted molar refractivity (Wildman–Crippen MR) is 256 cm³/mol. The number of benzene rings is 9. The second kappa shape index (κ2) is 16.5. The van der Waals surface area contributed by atoms with Gasteiger partial charge in [-0.25, -0.2) is 29.9 Å². The second-order valence-corrected chi connectivity index (χ2v) is 15.4. The normalized spacial score (nSPS) is 11.1. The topological polar surface area (TPSA) is 101 Å². The molecular formula is C57H35N7. The lowest BCUT2D eigenvalue weighted by Crippen LogP contribution is -2.02. The van der Waals surface area contributed by atoms with E-state index in [0.717, 1.165) is 77.2 Å². The lowest BCUT2D eigenvalue weighted by molar-refractivity contribution is 1.07. The van der Waals surface area contributed by atoms with Gasteiger partial charge in [0.05, 0.1) is 11.6 Å². The van der Waals surface area contributed by atoms with Crippen molar-refractivity contribution in [3.05, 3.63) is 218 Å². The molecule has 0 bridgehead atoms. The van der Waals surface area contributed by atoms with E-state index in [1.54, 1.807) is 0 Å². The van der Waals surface area contributed by atoms with E-state index in [1.807, 2.05) is 121 Å². The summed E-state index contributed by atoms with van der Waals surface area (Å²) < 4.78 is 0. The molecule has 0 unspecified atom stereocenters. The maximum absolute atomic E-state index is 9.57. The lowest BCUT2D eigenvalue weighted by Gasteiger charge is -2.14. The second-order valence-electron chi connectivity index (χ2n) is 15.4. The van der Waals surface area contributed by atoms with Crippen LogP contribution in [0.3, 0.4) is 0 Å². The number of fused-ring (bicyclic) bond motifs is 2. The third-order valence-electron chi connectivity index (χ3n) is 11.4. The first-order chi connectivity index (χ1) is 31.6. The molecule has 0 atom stereocenters. The molecule has 0 saturated carbocycles. The molecule has 0 amide bonds. The quantitative estimate of drug-likeness (QED) is 0.150. The molecule has 9 aromatic carbocycles. The zero-order valence-corrected chi connectivity index (χ0v) is 34.3. The van der Waals surface area contributed by atoms with Gasteiger partial charge in [0.25, 0.3) is 0 Å². The molecule has 0 aliphatic carbocycles. The summed E-state index contributed by atoms with van der Waals surface area (Å²) in [6.07, 6.45) is 0. The third-order valence-corrected chi connectivity index (χ3v) is 11.4. The van der Waals surface area contributed by atoms with Gasteiger partial charge < -0.3 is 0 Å². The highest BCUT2D eigenvalue weighted by molar-refractivity contribution is 5.98. The molecule has 0 aliphatic heterocycles. The van der Waals surface area contributed by atoms with Crippen LogP contribution >= 0.6 is 0 Å². The Labute approximate surface area is 369 Å². The van der Waals surface area contributed by atoms with Crippen LogP contribution in [0.4, 0.5) is 0 Å². The molecule has 11 rings (SSSR count). The van der Waals surface area contributed by atoms with Crippen LogP contribution in [-0.2, 0) is 0 Å². The third kappa shape index (κ3) is 7.31. The van der Waals surface area contributed by atoms with Crippen LogP contribution in [0.5, 0.6) is 0 Å². The Morgan fingerprint density at radius 1 is 0.266 bits per heavy atom. The van der Waals surface area contributed by atoms with Gasteiger partial charge in [-0.3, -0.25) is 0 Å². The molecule has 0 N–H and O–H groups in total. The summed E-state index contributed by atoms with van der Waals surface area (Å²) in [5.41, 5.74) is 9.68. The molecule has 2 heterocycles. The fourth-order valence-electron chi connectivity index (χ4n) is 8.29. The van der Waals surface area contributed by atoms with Crippen molar-refractivity contribution in [1.29, 1.82) is 5.26 Å². The summed E-state index contributed by atoms with van der Waals surface area (Å²) in [5.74, 6) is 3.41. The number of nitriles is 1. The van der Waals surface area contributed by atoms with E-state index in [0.29, 0.717) is 40.5 Å². The van der Waals surface area contributed by atoms with Crippen LogP contribution in [-0.4, -0.2) is 29.9 Å². The zero-order chi connectivity index (χ0) is 42.8. The zero-order valence-electron chi connectivity index (χ0n) is 34.3. The molecule has 2 aromatic heterocycles. The van der Waals surface area contributed by atoms with Crippen molar-refractivity contribution >= 4 is 21.5 Å². The van der Waals surface area contributed by atoms with E-state index in [4.69, 9.17) is 29.9 Å². The van der Waals surface area contributed by atoms with Gasteiger partial charge in [0.2, 0.25) is 0 Å². The average molecular weight is 818 g/mol. The largest absolute Gasteiger partial charge is 0.208 e. The number of hydrogen-bond donors (Lipinski definition) is 0. The van der Waals surface area contributed by atoms with Crippen LogP contribution in [0.2, 0.25) is 0 Å². The Bertz CT molecular complexity index is 3490. The minimum absolute atomic E-state index is 0.539. The summed E-state index contributed by atoms with van der Waals surface area (Å²) in [6, 6.07) is 73.6. The Balaban J connectivity index is 1.06. The van der Waals surface area contributed by atoms with E-state index in [-0.39, 0.29) is 0 Å².